The first-order valence-electron chi connectivity index (χ1n) is 3.26. The van der Waals surface area contributed by atoms with Crippen molar-refractivity contribution in [2.24, 2.45) is 0 Å². The monoisotopic (exact) mass is 254 g/mol. The molecule has 0 atom stereocenters. The molecule has 0 nitrogen and oxygen atoms in total. The fraction of sp³-hybridized carbons (Fsp3) is 0.250. The van der Waals surface area contributed by atoms with Crippen LogP contribution < -0.4 is 0 Å². The summed E-state index contributed by atoms with van der Waals surface area (Å²) in [5.41, 5.74) is 0.644. The first-order chi connectivity index (χ1) is 5.52. The van der Waals surface area contributed by atoms with Crippen LogP contribution in [0.3, 0.4) is 0 Å². The highest BCUT2D eigenvalue weighted by Crippen LogP contribution is 2.31. The lowest BCUT2D eigenvalue weighted by molar-refractivity contribution is 0.151. The zero-order chi connectivity index (χ0) is 9.30. The highest BCUT2D eigenvalue weighted by atomic mass is 79.9. The fourth-order valence-electron chi connectivity index (χ4n) is 0.879. The fourth-order valence-corrected chi connectivity index (χ4v) is 1.57. The maximum atomic E-state index is 12.2. The quantitative estimate of drug-likeness (QED) is 0.700. The predicted molar refractivity (Wildman–Crippen MR) is 48.8 cm³/mol. The normalized spacial score (nSPS) is 10.8. The third-order valence-corrected chi connectivity index (χ3v) is 2.84. The molecule has 0 fully saturated rings. The maximum Gasteiger partial charge on any atom is 0.263 e. The van der Waals surface area contributed by atoms with E-state index < -0.39 is 6.43 Å². The van der Waals surface area contributed by atoms with Crippen molar-refractivity contribution >= 4 is 27.5 Å². The molecule has 0 aliphatic heterocycles. The van der Waals surface area contributed by atoms with Crippen LogP contribution in [-0.4, -0.2) is 0 Å². The largest absolute Gasteiger partial charge is 0.263 e. The third-order valence-electron chi connectivity index (χ3n) is 1.48. The average Bonchev–Trinajstić information content (AvgIpc) is 1.99. The number of halogens is 4. The van der Waals surface area contributed by atoms with Crippen LogP contribution in [0.2, 0.25) is 5.02 Å². The van der Waals surface area contributed by atoms with Crippen molar-refractivity contribution in [3.05, 3.63) is 32.8 Å². The van der Waals surface area contributed by atoms with Crippen LogP contribution in [0.5, 0.6) is 0 Å². The molecule has 0 aromatic heterocycles. The van der Waals surface area contributed by atoms with Gasteiger partial charge in [0.05, 0.1) is 5.02 Å². The zero-order valence-corrected chi connectivity index (χ0v) is 8.59. The van der Waals surface area contributed by atoms with E-state index in [4.69, 9.17) is 11.6 Å². The van der Waals surface area contributed by atoms with Crippen LogP contribution in [0.1, 0.15) is 17.6 Å². The summed E-state index contributed by atoms with van der Waals surface area (Å²) in [6, 6.07) is 2.72. The van der Waals surface area contributed by atoms with Crippen LogP contribution >= 0.6 is 27.5 Å². The van der Waals surface area contributed by atoms with Gasteiger partial charge in [-0.2, -0.15) is 0 Å². The minimum absolute atomic E-state index is 0.0104. The first kappa shape index (κ1) is 9.93. The summed E-state index contributed by atoms with van der Waals surface area (Å²) >= 11 is 8.86. The first-order valence-corrected chi connectivity index (χ1v) is 4.43. The van der Waals surface area contributed by atoms with Gasteiger partial charge >= 0.3 is 0 Å². The molecule has 0 spiro atoms. The van der Waals surface area contributed by atoms with E-state index in [1.807, 2.05) is 0 Å². The number of benzene rings is 1. The molecule has 0 N–H and O–H groups in total. The van der Waals surface area contributed by atoms with Crippen molar-refractivity contribution in [3.8, 4) is 0 Å². The standard InChI is InChI=1S/C8H6BrClF2/c1-4-2-5(8(11)12)3-6(9)7(4)10/h2-3,8H,1H3. The van der Waals surface area contributed by atoms with E-state index in [1.54, 1.807) is 6.92 Å². The zero-order valence-electron chi connectivity index (χ0n) is 6.24. The molecule has 1 rings (SSSR count). The van der Waals surface area contributed by atoms with Crippen LogP contribution in [0.15, 0.2) is 16.6 Å². The summed E-state index contributed by atoms with van der Waals surface area (Å²) in [5, 5.41) is 0.486. The van der Waals surface area contributed by atoms with E-state index in [0.717, 1.165) is 0 Å². The molecule has 0 aliphatic rings. The van der Waals surface area contributed by atoms with Gasteiger partial charge in [0.2, 0.25) is 0 Å². The Kier molecular flexibility index (Phi) is 3.07. The van der Waals surface area contributed by atoms with Crippen molar-refractivity contribution in [2.75, 3.05) is 0 Å². The van der Waals surface area contributed by atoms with Crippen molar-refractivity contribution in [1.82, 2.24) is 0 Å². The van der Waals surface area contributed by atoms with Gasteiger partial charge < -0.3 is 0 Å². The molecule has 0 radical (unpaired) electrons. The lowest BCUT2D eigenvalue weighted by Gasteiger charge is -2.05. The highest BCUT2D eigenvalue weighted by Gasteiger charge is 2.10. The van der Waals surface area contributed by atoms with E-state index in [2.05, 4.69) is 15.9 Å². The maximum absolute atomic E-state index is 12.2. The molecule has 4 heteroatoms. The molecular formula is C8H6BrClF2. The van der Waals surface area contributed by atoms with Gasteiger partial charge in [0.15, 0.2) is 0 Å². The lowest BCUT2D eigenvalue weighted by atomic mass is 10.1. The Morgan fingerprint density at radius 3 is 2.42 bits per heavy atom. The second-order valence-electron chi connectivity index (χ2n) is 2.43. The second kappa shape index (κ2) is 3.71. The van der Waals surface area contributed by atoms with E-state index in [1.165, 1.54) is 12.1 Å². The smallest absolute Gasteiger partial charge is 0.205 e. The van der Waals surface area contributed by atoms with Crippen LogP contribution in [0.4, 0.5) is 8.78 Å². The molecule has 0 saturated carbocycles. The van der Waals surface area contributed by atoms with Gasteiger partial charge in [0.25, 0.3) is 6.43 Å². The highest BCUT2D eigenvalue weighted by molar-refractivity contribution is 9.10. The van der Waals surface area contributed by atoms with Gasteiger partial charge in [0, 0.05) is 10.0 Å². The number of hydrogen-bond donors (Lipinski definition) is 0. The minimum atomic E-state index is -2.45. The Balaban J connectivity index is 3.21. The van der Waals surface area contributed by atoms with Crippen molar-refractivity contribution in [1.29, 1.82) is 0 Å². The molecular weight excluding hydrogens is 249 g/mol. The van der Waals surface area contributed by atoms with Crippen molar-refractivity contribution < 1.29 is 8.78 Å². The van der Waals surface area contributed by atoms with Gasteiger partial charge in [0.1, 0.15) is 0 Å². The summed E-state index contributed by atoms with van der Waals surface area (Å²) in [4.78, 5) is 0. The molecule has 1 aromatic carbocycles. The Morgan fingerprint density at radius 2 is 2.00 bits per heavy atom. The average molecular weight is 255 g/mol. The Labute approximate surface area is 82.7 Å². The molecule has 0 bridgehead atoms. The van der Waals surface area contributed by atoms with Crippen molar-refractivity contribution in [3.63, 3.8) is 0 Å². The third kappa shape index (κ3) is 1.96. The van der Waals surface area contributed by atoms with E-state index in [9.17, 15) is 8.78 Å². The Morgan fingerprint density at radius 1 is 1.42 bits per heavy atom. The molecule has 66 valence electrons. The second-order valence-corrected chi connectivity index (χ2v) is 3.67. The molecule has 0 saturated heterocycles. The summed E-state index contributed by atoms with van der Waals surface area (Å²) in [6.45, 7) is 1.69. The summed E-state index contributed by atoms with van der Waals surface area (Å²) < 4.78 is 24.9. The van der Waals surface area contributed by atoms with Crippen LogP contribution in [0.25, 0.3) is 0 Å². The molecule has 12 heavy (non-hydrogen) atoms. The van der Waals surface area contributed by atoms with Crippen LogP contribution in [-0.2, 0) is 0 Å². The molecule has 0 heterocycles. The van der Waals surface area contributed by atoms with Gasteiger partial charge in [-0.3, -0.25) is 0 Å². The number of hydrogen-bond acceptors (Lipinski definition) is 0. The topological polar surface area (TPSA) is 0 Å². The molecule has 0 aliphatic carbocycles. The Bertz CT molecular complexity index is 276. The van der Waals surface area contributed by atoms with E-state index in [0.29, 0.717) is 15.1 Å². The minimum Gasteiger partial charge on any atom is -0.205 e. The SMILES string of the molecule is Cc1cc(C(F)F)cc(Br)c1Cl. The number of aryl methyl sites for hydroxylation is 1. The number of rotatable bonds is 1. The number of alkyl halides is 2. The van der Waals surface area contributed by atoms with Gasteiger partial charge in [-0.25, -0.2) is 8.78 Å². The van der Waals surface area contributed by atoms with Gasteiger partial charge in [-0.1, -0.05) is 11.6 Å². The van der Waals surface area contributed by atoms with Gasteiger partial charge in [-0.15, -0.1) is 0 Å². The Hall–Kier alpha value is -0.150. The van der Waals surface area contributed by atoms with E-state index >= 15 is 0 Å². The summed E-state index contributed by atoms with van der Waals surface area (Å²) in [7, 11) is 0. The summed E-state index contributed by atoms with van der Waals surface area (Å²) in [6.07, 6.45) is -2.45. The van der Waals surface area contributed by atoms with Crippen LogP contribution in [0, 0.1) is 6.92 Å². The van der Waals surface area contributed by atoms with Crippen molar-refractivity contribution in [2.45, 2.75) is 13.3 Å². The van der Waals surface area contributed by atoms with E-state index in [-0.39, 0.29) is 5.56 Å². The predicted octanol–water partition coefficient (Wildman–Crippen LogP) is 4.35. The molecule has 1 aromatic rings. The van der Waals surface area contributed by atoms with Gasteiger partial charge in [-0.05, 0) is 40.5 Å². The molecule has 0 unspecified atom stereocenters. The molecule has 0 amide bonds. The summed E-state index contributed by atoms with van der Waals surface area (Å²) in [5.74, 6) is 0. The lowest BCUT2D eigenvalue weighted by Crippen LogP contribution is -1.87.